The third-order valence-corrected chi connectivity index (χ3v) is 4.63. The minimum absolute atomic E-state index is 0.113. The molecule has 2 aromatic rings. The lowest BCUT2D eigenvalue weighted by molar-refractivity contribution is 0.598. The number of halogens is 2. The molecule has 0 saturated heterocycles. The third kappa shape index (κ3) is 2.94. The van der Waals surface area contributed by atoms with Gasteiger partial charge in [0.2, 0.25) is 0 Å². The summed E-state index contributed by atoms with van der Waals surface area (Å²) >= 11 is 5.63. The van der Waals surface area contributed by atoms with Crippen LogP contribution in [0.2, 0.25) is 5.02 Å². The fraction of sp³-hybridized carbons (Fsp3) is 0.143. The van der Waals surface area contributed by atoms with E-state index in [-0.39, 0.29) is 15.6 Å². The van der Waals surface area contributed by atoms with Crippen molar-refractivity contribution in [1.82, 2.24) is 0 Å². The van der Waals surface area contributed by atoms with Crippen LogP contribution in [0.1, 0.15) is 11.1 Å². The Kier molecular flexibility index (Phi) is 4.01. The van der Waals surface area contributed by atoms with E-state index in [1.165, 1.54) is 24.3 Å². The summed E-state index contributed by atoms with van der Waals surface area (Å²) in [5, 5.41) is -0.133. The van der Waals surface area contributed by atoms with E-state index in [1.807, 2.05) is 6.92 Å². The van der Waals surface area contributed by atoms with Gasteiger partial charge in [-0.1, -0.05) is 35.4 Å². The van der Waals surface area contributed by atoms with Crippen molar-refractivity contribution in [2.45, 2.75) is 18.7 Å². The Morgan fingerprint density at radius 2 is 1.85 bits per heavy atom. The molecule has 1 N–H and O–H groups in total. The Hall–Kier alpha value is -1.59. The normalized spacial score (nSPS) is 11.4. The highest BCUT2D eigenvalue weighted by Gasteiger charge is 2.19. The Balaban J connectivity index is 2.44. The lowest BCUT2D eigenvalue weighted by Gasteiger charge is -2.12. The van der Waals surface area contributed by atoms with Crippen molar-refractivity contribution in [3.63, 3.8) is 0 Å². The minimum atomic E-state index is -3.85. The second-order valence-electron chi connectivity index (χ2n) is 4.48. The number of hydrogen-bond acceptors (Lipinski definition) is 2. The summed E-state index contributed by atoms with van der Waals surface area (Å²) in [6.45, 7) is 3.56. The smallest absolute Gasteiger partial charge is 0.262 e. The topological polar surface area (TPSA) is 46.2 Å². The zero-order valence-corrected chi connectivity index (χ0v) is 12.5. The maximum atomic E-state index is 13.8. The van der Waals surface area contributed by atoms with Crippen molar-refractivity contribution < 1.29 is 12.8 Å². The third-order valence-electron chi connectivity index (χ3n) is 2.82. The van der Waals surface area contributed by atoms with Crippen molar-refractivity contribution in [1.29, 1.82) is 0 Å². The molecule has 0 fully saturated rings. The standard InChI is InChI=1S/C14H13ClFNO2S/c1-9-6-7-13(10(2)8-9)20(18,19)17-12-5-3-4-11(15)14(12)16/h3-8,17H,1-2H3. The molecule has 0 spiro atoms. The molecular weight excluding hydrogens is 301 g/mol. The van der Waals surface area contributed by atoms with Crippen LogP contribution in [0.15, 0.2) is 41.3 Å². The van der Waals surface area contributed by atoms with Gasteiger partial charge in [0.05, 0.1) is 15.6 Å². The predicted octanol–water partition coefficient (Wildman–Crippen LogP) is 3.90. The number of nitrogens with one attached hydrogen (secondary N) is 1. The van der Waals surface area contributed by atoms with Gasteiger partial charge in [-0.3, -0.25) is 4.72 Å². The van der Waals surface area contributed by atoms with E-state index in [2.05, 4.69) is 4.72 Å². The van der Waals surface area contributed by atoms with Crippen LogP contribution < -0.4 is 4.72 Å². The van der Waals surface area contributed by atoms with Crippen LogP contribution in [0.4, 0.5) is 10.1 Å². The summed E-state index contributed by atoms with van der Waals surface area (Å²) in [5.74, 6) is -0.789. The Morgan fingerprint density at radius 1 is 1.15 bits per heavy atom. The molecule has 0 aromatic heterocycles. The molecule has 3 nitrogen and oxygen atoms in total. The van der Waals surface area contributed by atoms with Gasteiger partial charge in [0.1, 0.15) is 0 Å². The van der Waals surface area contributed by atoms with Gasteiger partial charge in [-0.2, -0.15) is 0 Å². The zero-order valence-electron chi connectivity index (χ0n) is 10.9. The van der Waals surface area contributed by atoms with E-state index in [0.717, 1.165) is 5.56 Å². The number of benzene rings is 2. The van der Waals surface area contributed by atoms with Gasteiger partial charge >= 0.3 is 0 Å². The first kappa shape index (κ1) is 14.8. The van der Waals surface area contributed by atoms with Gasteiger partial charge in [-0.25, -0.2) is 12.8 Å². The van der Waals surface area contributed by atoms with Crippen LogP contribution in [-0.4, -0.2) is 8.42 Å². The van der Waals surface area contributed by atoms with Crippen molar-refractivity contribution in [2.75, 3.05) is 4.72 Å². The largest absolute Gasteiger partial charge is 0.277 e. The summed E-state index contributed by atoms with van der Waals surface area (Å²) < 4.78 is 40.5. The Labute approximate surface area is 122 Å². The van der Waals surface area contributed by atoms with Crippen molar-refractivity contribution in [2.24, 2.45) is 0 Å². The van der Waals surface area contributed by atoms with Gasteiger partial charge in [0.15, 0.2) is 5.82 Å². The van der Waals surface area contributed by atoms with Gasteiger partial charge in [0, 0.05) is 0 Å². The predicted molar refractivity (Wildman–Crippen MR) is 78.1 cm³/mol. The number of rotatable bonds is 3. The Bertz CT molecular complexity index is 760. The molecule has 6 heteroatoms. The van der Waals surface area contributed by atoms with Crippen LogP contribution in [0.3, 0.4) is 0 Å². The zero-order chi connectivity index (χ0) is 14.9. The average molecular weight is 314 g/mol. The number of anilines is 1. The summed E-state index contributed by atoms with van der Waals surface area (Å²) in [7, 11) is -3.85. The minimum Gasteiger partial charge on any atom is -0.277 e. The molecule has 0 heterocycles. The first-order valence-electron chi connectivity index (χ1n) is 5.85. The van der Waals surface area contributed by atoms with Crippen LogP contribution >= 0.6 is 11.6 Å². The summed E-state index contributed by atoms with van der Waals surface area (Å²) in [5.41, 5.74) is 1.38. The van der Waals surface area contributed by atoms with E-state index in [0.29, 0.717) is 5.56 Å². The summed E-state index contributed by atoms with van der Waals surface area (Å²) in [6, 6.07) is 9.09. The molecule has 0 amide bonds. The van der Waals surface area contributed by atoms with Crippen molar-refractivity contribution in [3.8, 4) is 0 Å². The maximum absolute atomic E-state index is 13.8. The summed E-state index contributed by atoms with van der Waals surface area (Å²) in [6.07, 6.45) is 0. The molecule has 0 bridgehead atoms. The molecule has 0 atom stereocenters. The summed E-state index contributed by atoms with van der Waals surface area (Å²) in [4.78, 5) is 0.113. The second kappa shape index (κ2) is 5.42. The number of hydrogen-bond donors (Lipinski definition) is 1. The first-order valence-corrected chi connectivity index (χ1v) is 7.71. The van der Waals surface area contributed by atoms with Crippen molar-refractivity contribution in [3.05, 3.63) is 58.4 Å². The lowest BCUT2D eigenvalue weighted by atomic mass is 10.2. The van der Waals surface area contributed by atoms with Crippen LogP contribution in [0.5, 0.6) is 0 Å². The quantitative estimate of drug-likeness (QED) is 0.934. The Morgan fingerprint density at radius 3 is 2.50 bits per heavy atom. The van der Waals surface area contributed by atoms with E-state index in [9.17, 15) is 12.8 Å². The van der Waals surface area contributed by atoms with E-state index < -0.39 is 15.8 Å². The second-order valence-corrected chi connectivity index (χ2v) is 6.53. The fourth-order valence-electron chi connectivity index (χ4n) is 1.88. The molecule has 0 aliphatic carbocycles. The molecule has 20 heavy (non-hydrogen) atoms. The van der Waals surface area contributed by atoms with Crippen LogP contribution in [-0.2, 0) is 10.0 Å². The van der Waals surface area contributed by atoms with Crippen LogP contribution in [0.25, 0.3) is 0 Å². The van der Waals surface area contributed by atoms with E-state index in [1.54, 1.807) is 19.1 Å². The van der Waals surface area contributed by atoms with Gasteiger partial charge in [-0.15, -0.1) is 0 Å². The SMILES string of the molecule is Cc1ccc(S(=O)(=O)Nc2cccc(Cl)c2F)c(C)c1. The first-order chi connectivity index (χ1) is 9.31. The fourth-order valence-corrected chi connectivity index (χ4v) is 3.34. The maximum Gasteiger partial charge on any atom is 0.262 e. The molecule has 0 radical (unpaired) electrons. The molecule has 2 aromatic carbocycles. The van der Waals surface area contributed by atoms with Gasteiger partial charge in [-0.05, 0) is 37.6 Å². The van der Waals surface area contributed by atoms with Gasteiger partial charge < -0.3 is 0 Å². The highest BCUT2D eigenvalue weighted by Crippen LogP contribution is 2.25. The molecule has 0 unspecified atom stereocenters. The highest BCUT2D eigenvalue weighted by atomic mass is 35.5. The molecule has 2 rings (SSSR count). The molecule has 0 aliphatic rings. The molecule has 106 valence electrons. The van der Waals surface area contributed by atoms with E-state index in [4.69, 9.17) is 11.6 Å². The van der Waals surface area contributed by atoms with Crippen molar-refractivity contribution >= 4 is 27.3 Å². The van der Waals surface area contributed by atoms with Crippen LogP contribution in [0, 0.1) is 19.7 Å². The monoisotopic (exact) mass is 313 g/mol. The number of aryl methyl sites for hydroxylation is 2. The molecular formula is C14H13ClFNO2S. The van der Waals surface area contributed by atoms with E-state index >= 15 is 0 Å². The molecule has 0 aliphatic heterocycles. The average Bonchev–Trinajstić information content (AvgIpc) is 2.34. The number of sulfonamides is 1. The van der Waals surface area contributed by atoms with Gasteiger partial charge in [0.25, 0.3) is 10.0 Å². The molecule has 0 saturated carbocycles. The highest BCUT2D eigenvalue weighted by molar-refractivity contribution is 7.92. The lowest BCUT2D eigenvalue weighted by Crippen LogP contribution is -2.15.